The first-order valence-corrected chi connectivity index (χ1v) is 8.93. The van der Waals surface area contributed by atoms with Crippen molar-refractivity contribution in [3.63, 3.8) is 0 Å². The molecule has 0 atom stereocenters. The number of benzene rings is 2. The topological polar surface area (TPSA) is 97.5 Å². The molecule has 0 saturated carbocycles. The van der Waals surface area contributed by atoms with Crippen LogP contribution in [-0.4, -0.2) is 42.2 Å². The molecule has 0 radical (unpaired) electrons. The Hall–Kier alpha value is -3.52. The SMILES string of the molecule is C[NH+](C)CCC(=O)NNC(=O)c1nn(-c2ccccc2)c(=O)c2ccccc12. The van der Waals surface area contributed by atoms with Gasteiger partial charge in [0.1, 0.15) is 0 Å². The molecule has 0 aliphatic rings. The zero-order chi connectivity index (χ0) is 20.1. The third-order valence-electron chi connectivity index (χ3n) is 4.19. The number of hydrazine groups is 1. The van der Waals surface area contributed by atoms with Crippen molar-refractivity contribution >= 4 is 22.6 Å². The second-order valence-electron chi connectivity index (χ2n) is 6.66. The fraction of sp³-hybridized carbons (Fsp3) is 0.200. The van der Waals surface area contributed by atoms with Gasteiger partial charge >= 0.3 is 0 Å². The first-order valence-electron chi connectivity index (χ1n) is 8.93. The highest BCUT2D eigenvalue weighted by Gasteiger charge is 2.18. The van der Waals surface area contributed by atoms with Crippen molar-refractivity contribution in [1.29, 1.82) is 0 Å². The molecule has 8 nitrogen and oxygen atoms in total. The minimum absolute atomic E-state index is 0.0533. The quantitative estimate of drug-likeness (QED) is 0.529. The summed E-state index contributed by atoms with van der Waals surface area (Å²) in [7, 11) is 3.88. The Morgan fingerprint density at radius 2 is 1.61 bits per heavy atom. The van der Waals surface area contributed by atoms with Crippen LogP contribution in [0.4, 0.5) is 0 Å². The van der Waals surface area contributed by atoms with Gasteiger partial charge in [0, 0.05) is 5.39 Å². The highest BCUT2D eigenvalue weighted by atomic mass is 16.2. The molecule has 0 aliphatic heterocycles. The van der Waals surface area contributed by atoms with E-state index in [0.717, 1.165) is 4.90 Å². The number of carbonyl (C=O) groups is 2. The number of para-hydroxylation sites is 1. The summed E-state index contributed by atoms with van der Waals surface area (Å²) in [5.41, 5.74) is 5.06. The smallest absolute Gasteiger partial charge is 0.290 e. The summed E-state index contributed by atoms with van der Waals surface area (Å²) in [6, 6.07) is 15.6. The van der Waals surface area contributed by atoms with Gasteiger partial charge in [-0.2, -0.15) is 9.78 Å². The molecule has 2 amide bonds. The monoisotopic (exact) mass is 380 g/mol. The van der Waals surface area contributed by atoms with Crippen molar-refractivity contribution in [1.82, 2.24) is 20.6 Å². The van der Waals surface area contributed by atoms with E-state index in [9.17, 15) is 14.4 Å². The summed E-state index contributed by atoms with van der Waals surface area (Å²) in [5.74, 6) is -0.887. The number of quaternary nitrogens is 1. The molecule has 1 aromatic heterocycles. The van der Waals surface area contributed by atoms with E-state index in [1.54, 1.807) is 48.5 Å². The standard InChI is InChI=1S/C20H21N5O3/c1-24(2)13-12-17(26)21-22-19(27)18-15-10-6-7-11-16(15)20(28)25(23-18)14-8-4-3-5-9-14/h3-11H,12-13H2,1-2H3,(H,21,26)(H,22,27)/p+1. The van der Waals surface area contributed by atoms with Crippen molar-refractivity contribution in [2.24, 2.45) is 0 Å². The van der Waals surface area contributed by atoms with E-state index in [0.29, 0.717) is 23.0 Å². The number of rotatable bonds is 5. The van der Waals surface area contributed by atoms with Crippen LogP contribution in [0.3, 0.4) is 0 Å². The summed E-state index contributed by atoms with van der Waals surface area (Å²) < 4.78 is 1.19. The molecule has 2 aromatic carbocycles. The molecule has 3 N–H and O–H groups in total. The van der Waals surface area contributed by atoms with Crippen molar-refractivity contribution in [3.8, 4) is 5.69 Å². The summed E-state index contributed by atoms with van der Waals surface area (Å²) in [6.07, 6.45) is 0.278. The highest BCUT2D eigenvalue weighted by Crippen LogP contribution is 2.15. The second kappa shape index (κ2) is 8.45. The molecular weight excluding hydrogens is 358 g/mol. The fourth-order valence-corrected chi connectivity index (χ4v) is 2.71. The first-order chi connectivity index (χ1) is 13.5. The molecule has 8 heteroatoms. The van der Waals surface area contributed by atoms with Crippen molar-refractivity contribution < 1.29 is 14.5 Å². The highest BCUT2D eigenvalue weighted by molar-refractivity contribution is 6.05. The van der Waals surface area contributed by atoms with Gasteiger partial charge in [0.05, 0.1) is 38.1 Å². The molecule has 1 heterocycles. The predicted molar refractivity (Wildman–Crippen MR) is 105 cm³/mol. The molecule has 0 aliphatic carbocycles. The Balaban J connectivity index is 1.94. The van der Waals surface area contributed by atoms with Gasteiger partial charge < -0.3 is 4.90 Å². The predicted octanol–water partition coefficient (Wildman–Crippen LogP) is -0.319. The van der Waals surface area contributed by atoms with E-state index in [2.05, 4.69) is 16.0 Å². The summed E-state index contributed by atoms with van der Waals surface area (Å²) in [5, 5.41) is 5.05. The maximum atomic E-state index is 12.8. The fourth-order valence-electron chi connectivity index (χ4n) is 2.71. The van der Waals surface area contributed by atoms with Crippen molar-refractivity contribution in [2.45, 2.75) is 6.42 Å². The lowest BCUT2D eigenvalue weighted by Gasteiger charge is -2.12. The normalized spacial score (nSPS) is 10.8. The molecule has 3 aromatic rings. The molecule has 3 rings (SSSR count). The Labute approximate surface area is 161 Å². The summed E-state index contributed by atoms with van der Waals surface area (Å²) in [6.45, 7) is 0.641. The molecule has 28 heavy (non-hydrogen) atoms. The Bertz CT molecular complexity index is 1060. The van der Waals surface area contributed by atoms with Gasteiger partial charge in [-0.3, -0.25) is 25.2 Å². The van der Waals surface area contributed by atoms with E-state index in [-0.39, 0.29) is 23.6 Å². The maximum Gasteiger partial charge on any atom is 0.290 e. The van der Waals surface area contributed by atoms with E-state index >= 15 is 0 Å². The minimum Gasteiger partial charge on any atom is -0.339 e. The second-order valence-corrected chi connectivity index (χ2v) is 6.66. The van der Waals surface area contributed by atoms with E-state index in [1.165, 1.54) is 4.68 Å². The molecule has 0 spiro atoms. The van der Waals surface area contributed by atoms with Gasteiger partial charge in [-0.25, -0.2) is 0 Å². The largest absolute Gasteiger partial charge is 0.339 e. The number of amides is 2. The van der Waals surface area contributed by atoms with Gasteiger partial charge in [-0.1, -0.05) is 36.4 Å². The first kappa shape index (κ1) is 19.2. The summed E-state index contributed by atoms with van der Waals surface area (Å²) in [4.78, 5) is 38.5. The number of hydrogen-bond acceptors (Lipinski definition) is 4. The number of aromatic nitrogens is 2. The van der Waals surface area contributed by atoms with Gasteiger partial charge in [-0.15, -0.1) is 0 Å². The van der Waals surface area contributed by atoms with Crippen LogP contribution in [0, 0.1) is 0 Å². The molecular formula is C20H22N5O3+. The number of nitrogens with zero attached hydrogens (tertiary/aromatic N) is 2. The zero-order valence-electron chi connectivity index (χ0n) is 15.7. The van der Waals surface area contributed by atoms with Crippen LogP contribution in [0.5, 0.6) is 0 Å². The van der Waals surface area contributed by atoms with Crippen LogP contribution in [0.1, 0.15) is 16.9 Å². The summed E-state index contributed by atoms with van der Waals surface area (Å²) >= 11 is 0. The lowest BCUT2D eigenvalue weighted by Crippen LogP contribution is -3.05. The number of nitrogens with one attached hydrogen (secondary N) is 3. The van der Waals surface area contributed by atoms with Gasteiger partial charge in [0.25, 0.3) is 11.5 Å². The van der Waals surface area contributed by atoms with E-state index in [1.807, 2.05) is 20.2 Å². The average Bonchev–Trinajstić information content (AvgIpc) is 2.71. The van der Waals surface area contributed by atoms with Crippen LogP contribution in [0.15, 0.2) is 59.4 Å². The molecule has 0 bridgehead atoms. The van der Waals surface area contributed by atoms with E-state index in [4.69, 9.17) is 0 Å². The van der Waals surface area contributed by atoms with Crippen molar-refractivity contribution in [2.75, 3.05) is 20.6 Å². The maximum absolute atomic E-state index is 12.8. The Kier molecular flexibility index (Phi) is 5.81. The molecule has 0 saturated heterocycles. The lowest BCUT2D eigenvalue weighted by atomic mass is 10.1. The molecule has 0 unspecified atom stereocenters. The molecule has 144 valence electrons. The van der Waals surface area contributed by atoms with Crippen LogP contribution >= 0.6 is 0 Å². The van der Waals surface area contributed by atoms with Crippen LogP contribution in [-0.2, 0) is 4.79 Å². The number of hydrogen-bond donors (Lipinski definition) is 3. The van der Waals surface area contributed by atoms with Gasteiger partial charge in [0.15, 0.2) is 5.69 Å². The average molecular weight is 380 g/mol. The van der Waals surface area contributed by atoms with E-state index < -0.39 is 5.91 Å². The van der Waals surface area contributed by atoms with Crippen LogP contribution < -0.4 is 21.3 Å². The third kappa shape index (κ3) is 4.24. The van der Waals surface area contributed by atoms with Crippen LogP contribution in [0.25, 0.3) is 16.5 Å². The van der Waals surface area contributed by atoms with Crippen LogP contribution in [0.2, 0.25) is 0 Å². The van der Waals surface area contributed by atoms with Gasteiger partial charge in [0.2, 0.25) is 5.91 Å². The number of carbonyl (C=O) groups excluding carboxylic acids is 2. The lowest BCUT2D eigenvalue weighted by molar-refractivity contribution is -0.857. The third-order valence-corrected chi connectivity index (χ3v) is 4.19. The zero-order valence-corrected chi connectivity index (χ0v) is 15.7. The van der Waals surface area contributed by atoms with Gasteiger partial charge in [-0.05, 0) is 18.2 Å². The minimum atomic E-state index is -0.591. The molecule has 0 fully saturated rings. The Morgan fingerprint density at radius 1 is 0.964 bits per heavy atom. The van der Waals surface area contributed by atoms with Crippen molar-refractivity contribution in [3.05, 3.63) is 70.6 Å². The number of fused-ring (bicyclic) bond motifs is 1. The Morgan fingerprint density at radius 3 is 2.29 bits per heavy atom.